The quantitative estimate of drug-likeness (QED) is 0.674. The minimum atomic E-state index is -0.722. The number of urea groups is 1. The first-order valence-corrected chi connectivity index (χ1v) is 11.1. The van der Waals surface area contributed by atoms with Gasteiger partial charge in [0.15, 0.2) is 0 Å². The van der Waals surface area contributed by atoms with Crippen molar-refractivity contribution >= 4 is 23.7 Å². The Hall–Kier alpha value is -1.64. The molecule has 28 heavy (non-hydrogen) atoms. The molecule has 4 rings (SSSR count). The predicted octanol–water partition coefficient (Wildman–Crippen LogP) is 1.83. The van der Waals surface area contributed by atoms with Crippen LogP contribution in [0.1, 0.15) is 24.8 Å². The number of carbonyl (C=O) groups is 2. The summed E-state index contributed by atoms with van der Waals surface area (Å²) in [6, 6.07) is 4.15. The Morgan fingerprint density at radius 1 is 1.32 bits per heavy atom. The van der Waals surface area contributed by atoms with Gasteiger partial charge >= 0.3 is 6.03 Å². The normalized spacial score (nSPS) is 25.2. The zero-order valence-electron chi connectivity index (χ0n) is 16.4. The van der Waals surface area contributed by atoms with Crippen molar-refractivity contribution in [3.63, 3.8) is 0 Å². The topological polar surface area (TPSA) is 66.0 Å². The molecule has 1 aromatic heterocycles. The number of ether oxygens (including phenoxy) is 1. The minimum Gasteiger partial charge on any atom is -0.383 e. The summed E-state index contributed by atoms with van der Waals surface area (Å²) in [5.41, 5.74) is 0.147. The molecule has 3 saturated heterocycles. The number of likely N-dealkylation sites (tertiary alicyclic amines) is 1. The first kappa shape index (κ1) is 19.7. The number of carbonyl (C=O) groups excluding carboxylic acids is 2. The van der Waals surface area contributed by atoms with Crippen LogP contribution >= 0.6 is 11.8 Å². The van der Waals surface area contributed by atoms with E-state index < -0.39 is 5.54 Å². The van der Waals surface area contributed by atoms with Crippen molar-refractivity contribution in [2.45, 2.75) is 37.4 Å². The molecule has 0 aliphatic carbocycles. The molecule has 3 amide bonds. The van der Waals surface area contributed by atoms with Crippen molar-refractivity contribution in [2.75, 3.05) is 44.9 Å². The van der Waals surface area contributed by atoms with Crippen molar-refractivity contribution in [3.8, 4) is 0 Å². The van der Waals surface area contributed by atoms with Crippen LogP contribution in [-0.4, -0.2) is 88.1 Å². The van der Waals surface area contributed by atoms with E-state index in [4.69, 9.17) is 4.74 Å². The fourth-order valence-corrected chi connectivity index (χ4v) is 5.90. The number of hydrogen-bond acceptors (Lipinski definition) is 6. The standard InChI is InChI=1S/C20H28N4O3S/c1-27-11-10-24-19(26)23(14-16-3-2-7-21-13-16)18(25)20(24)5-8-22(9-6-20)17-4-12-28-15-17/h2-3,7,13,17H,4-6,8-12,14-15H2,1H3/t17-/m1/s1. The van der Waals surface area contributed by atoms with E-state index in [0.29, 0.717) is 32.0 Å². The highest BCUT2D eigenvalue weighted by Gasteiger charge is 2.57. The van der Waals surface area contributed by atoms with Crippen molar-refractivity contribution < 1.29 is 14.3 Å². The van der Waals surface area contributed by atoms with Crippen molar-refractivity contribution in [1.29, 1.82) is 0 Å². The summed E-state index contributed by atoms with van der Waals surface area (Å²) in [5.74, 6) is 2.35. The lowest BCUT2D eigenvalue weighted by molar-refractivity contribution is -0.136. The molecule has 1 aromatic rings. The van der Waals surface area contributed by atoms with Gasteiger partial charge in [-0.1, -0.05) is 6.07 Å². The molecule has 0 radical (unpaired) electrons. The molecule has 0 bridgehead atoms. The third-order valence-electron chi connectivity index (χ3n) is 6.25. The second kappa shape index (κ2) is 8.39. The van der Waals surface area contributed by atoms with Crippen LogP contribution in [0.5, 0.6) is 0 Å². The molecule has 0 N–H and O–H groups in total. The van der Waals surface area contributed by atoms with Gasteiger partial charge in [-0.3, -0.25) is 19.6 Å². The Labute approximate surface area is 170 Å². The maximum absolute atomic E-state index is 13.5. The lowest BCUT2D eigenvalue weighted by Crippen LogP contribution is -2.58. The third-order valence-corrected chi connectivity index (χ3v) is 7.40. The largest absolute Gasteiger partial charge is 0.383 e. The van der Waals surface area contributed by atoms with E-state index in [1.165, 1.54) is 22.8 Å². The van der Waals surface area contributed by atoms with Gasteiger partial charge in [0.25, 0.3) is 5.91 Å². The summed E-state index contributed by atoms with van der Waals surface area (Å²) in [5, 5.41) is 0. The smallest absolute Gasteiger partial charge is 0.328 e. The van der Waals surface area contributed by atoms with Gasteiger partial charge < -0.3 is 9.64 Å². The van der Waals surface area contributed by atoms with Gasteiger partial charge in [0, 0.05) is 50.9 Å². The van der Waals surface area contributed by atoms with Crippen LogP contribution in [-0.2, 0) is 16.1 Å². The van der Waals surface area contributed by atoms with Crippen LogP contribution in [0.4, 0.5) is 4.79 Å². The van der Waals surface area contributed by atoms with Gasteiger partial charge in [-0.15, -0.1) is 0 Å². The molecule has 0 saturated carbocycles. The van der Waals surface area contributed by atoms with Gasteiger partial charge in [-0.05, 0) is 36.6 Å². The first-order chi connectivity index (χ1) is 13.7. The molecule has 152 valence electrons. The van der Waals surface area contributed by atoms with Crippen molar-refractivity contribution in [3.05, 3.63) is 30.1 Å². The number of pyridine rings is 1. The van der Waals surface area contributed by atoms with E-state index in [9.17, 15) is 9.59 Å². The molecule has 1 spiro atoms. The van der Waals surface area contributed by atoms with Gasteiger partial charge in [-0.2, -0.15) is 11.8 Å². The van der Waals surface area contributed by atoms with Gasteiger partial charge in [-0.25, -0.2) is 4.79 Å². The SMILES string of the molecule is COCCN1C(=O)N(Cc2cccnc2)C(=O)C12CCN([C@@H]1CCSC1)CC2. The first-order valence-electron chi connectivity index (χ1n) is 9.99. The molecule has 1 atom stereocenters. The summed E-state index contributed by atoms with van der Waals surface area (Å²) in [6.45, 7) is 2.90. The molecule has 4 heterocycles. The average molecular weight is 405 g/mol. The number of methoxy groups -OCH3 is 1. The highest BCUT2D eigenvalue weighted by Crippen LogP contribution is 2.39. The van der Waals surface area contributed by atoms with Gasteiger partial charge in [0.2, 0.25) is 0 Å². The van der Waals surface area contributed by atoms with Crippen LogP contribution in [0, 0.1) is 0 Å². The number of nitrogens with zero attached hydrogens (tertiary/aromatic N) is 4. The molecule has 3 aliphatic rings. The zero-order valence-corrected chi connectivity index (χ0v) is 17.2. The Morgan fingerprint density at radius 2 is 2.14 bits per heavy atom. The summed E-state index contributed by atoms with van der Waals surface area (Å²) in [6.07, 6.45) is 6.04. The molecular formula is C20H28N4O3S. The lowest BCUT2D eigenvalue weighted by Gasteiger charge is -2.43. The van der Waals surface area contributed by atoms with E-state index in [1.807, 2.05) is 23.9 Å². The van der Waals surface area contributed by atoms with Crippen LogP contribution in [0.25, 0.3) is 0 Å². The molecular weight excluding hydrogens is 376 g/mol. The fourth-order valence-electron chi connectivity index (χ4n) is 4.64. The number of aromatic nitrogens is 1. The number of amides is 3. The van der Waals surface area contributed by atoms with Crippen molar-refractivity contribution in [2.24, 2.45) is 0 Å². The Bertz CT molecular complexity index is 703. The van der Waals surface area contributed by atoms with Crippen LogP contribution in [0.15, 0.2) is 24.5 Å². The number of piperidine rings is 1. The molecule has 0 unspecified atom stereocenters. The summed E-state index contributed by atoms with van der Waals surface area (Å²) < 4.78 is 5.23. The van der Waals surface area contributed by atoms with E-state index in [2.05, 4.69) is 9.88 Å². The van der Waals surface area contributed by atoms with Crippen molar-refractivity contribution in [1.82, 2.24) is 19.7 Å². The summed E-state index contributed by atoms with van der Waals surface area (Å²) >= 11 is 2.01. The maximum Gasteiger partial charge on any atom is 0.328 e. The highest BCUT2D eigenvalue weighted by molar-refractivity contribution is 7.99. The van der Waals surface area contributed by atoms with Crippen LogP contribution < -0.4 is 0 Å². The Balaban J connectivity index is 1.53. The molecule has 7 nitrogen and oxygen atoms in total. The number of rotatable bonds is 6. The number of imide groups is 1. The highest BCUT2D eigenvalue weighted by atomic mass is 32.2. The Kier molecular flexibility index (Phi) is 5.89. The average Bonchev–Trinajstić information content (AvgIpc) is 3.32. The summed E-state index contributed by atoms with van der Waals surface area (Å²) in [4.78, 5) is 36.5. The van der Waals surface area contributed by atoms with E-state index >= 15 is 0 Å². The fraction of sp³-hybridized carbons (Fsp3) is 0.650. The summed E-state index contributed by atoms with van der Waals surface area (Å²) in [7, 11) is 1.63. The van der Waals surface area contributed by atoms with Gasteiger partial charge in [0.05, 0.1) is 13.2 Å². The molecule has 0 aromatic carbocycles. The zero-order chi connectivity index (χ0) is 19.6. The molecule has 8 heteroatoms. The van der Waals surface area contributed by atoms with E-state index in [1.54, 1.807) is 24.4 Å². The monoisotopic (exact) mass is 404 g/mol. The Morgan fingerprint density at radius 3 is 2.79 bits per heavy atom. The minimum absolute atomic E-state index is 0.0575. The lowest BCUT2D eigenvalue weighted by atomic mass is 9.85. The molecule has 3 fully saturated rings. The number of hydrogen-bond donors (Lipinski definition) is 0. The van der Waals surface area contributed by atoms with E-state index in [0.717, 1.165) is 18.7 Å². The van der Waals surface area contributed by atoms with Crippen LogP contribution in [0.3, 0.4) is 0 Å². The maximum atomic E-state index is 13.5. The van der Waals surface area contributed by atoms with Crippen LogP contribution in [0.2, 0.25) is 0 Å². The second-order valence-corrected chi connectivity index (χ2v) is 8.91. The van der Waals surface area contributed by atoms with Gasteiger partial charge in [0.1, 0.15) is 5.54 Å². The predicted molar refractivity (Wildman–Crippen MR) is 108 cm³/mol. The molecule has 3 aliphatic heterocycles. The second-order valence-electron chi connectivity index (χ2n) is 7.76. The third kappa shape index (κ3) is 3.53. The van der Waals surface area contributed by atoms with E-state index in [-0.39, 0.29) is 18.5 Å². The number of thioether (sulfide) groups is 1.